The SMILES string of the molecule is CC1=C(CC(=O)N[C@@H](C)C2CCC(F)CC2F)C(=O)NC2CCC(F)C(C#N)C12. The van der Waals surface area contributed by atoms with Crippen LogP contribution in [0, 0.1) is 29.1 Å². The van der Waals surface area contributed by atoms with E-state index in [4.69, 9.17) is 0 Å². The maximum atomic E-state index is 14.2. The number of rotatable bonds is 4. The van der Waals surface area contributed by atoms with Gasteiger partial charge in [-0.05, 0) is 39.5 Å². The molecule has 5 nitrogen and oxygen atoms in total. The summed E-state index contributed by atoms with van der Waals surface area (Å²) in [6.45, 7) is 3.37. The van der Waals surface area contributed by atoms with Crippen molar-refractivity contribution in [2.24, 2.45) is 17.8 Å². The Bertz CT molecular complexity index is 735. The van der Waals surface area contributed by atoms with Crippen LogP contribution in [0.3, 0.4) is 0 Å². The predicted octanol–water partition coefficient (Wildman–Crippen LogP) is 3.06. The van der Waals surface area contributed by atoms with E-state index in [2.05, 4.69) is 10.6 Å². The third-order valence-corrected chi connectivity index (χ3v) is 6.81. The van der Waals surface area contributed by atoms with Crippen LogP contribution in [0.5, 0.6) is 0 Å². The number of hydrogen-bond acceptors (Lipinski definition) is 3. The van der Waals surface area contributed by atoms with Crippen LogP contribution in [0.2, 0.25) is 0 Å². The highest BCUT2D eigenvalue weighted by Crippen LogP contribution is 2.40. The number of fused-ring (bicyclic) bond motifs is 1. The summed E-state index contributed by atoms with van der Waals surface area (Å²) >= 11 is 0. The highest BCUT2D eigenvalue weighted by molar-refractivity contribution is 6.00. The molecule has 3 aliphatic rings. The van der Waals surface area contributed by atoms with Gasteiger partial charge in [-0.15, -0.1) is 0 Å². The minimum Gasteiger partial charge on any atom is -0.353 e. The first-order valence-corrected chi connectivity index (χ1v) is 10.3. The van der Waals surface area contributed by atoms with E-state index in [9.17, 15) is 28.0 Å². The number of nitrogens with one attached hydrogen (secondary N) is 2. The Hall–Kier alpha value is -2.04. The molecule has 2 fully saturated rings. The van der Waals surface area contributed by atoms with Crippen LogP contribution in [-0.4, -0.2) is 42.4 Å². The summed E-state index contributed by atoms with van der Waals surface area (Å²) in [5, 5.41) is 14.9. The molecule has 0 radical (unpaired) electrons. The smallest absolute Gasteiger partial charge is 0.247 e. The zero-order chi connectivity index (χ0) is 21.3. The second-order valence-electron chi connectivity index (χ2n) is 8.64. The molecule has 160 valence electrons. The van der Waals surface area contributed by atoms with Crippen molar-refractivity contribution in [3.63, 3.8) is 0 Å². The largest absolute Gasteiger partial charge is 0.353 e. The van der Waals surface area contributed by atoms with Gasteiger partial charge in [-0.1, -0.05) is 5.57 Å². The van der Waals surface area contributed by atoms with Crippen molar-refractivity contribution in [3.05, 3.63) is 11.1 Å². The van der Waals surface area contributed by atoms with Gasteiger partial charge in [-0.25, -0.2) is 13.2 Å². The van der Waals surface area contributed by atoms with E-state index in [0.717, 1.165) is 0 Å². The zero-order valence-corrected chi connectivity index (χ0v) is 16.8. The number of nitrogens with zero attached hydrogens (tertiary/aromatic N) is 1. The first-order valence-electron chi connectivity index (χ1n) is 10.3. The van der Waals surface area contributed by atoms with Crippen LogP contribution in [0.15, 0.2) is 11.1 Å². The van der Waals surface area contributed by atoms with Crippen LogP contribution in [0.4, 0.5) is 13.2 Å². The standard InChI is InChI=1S/C21H28F3N3O2/c1-10-14(21(29)27-18-6-5-16(23)15(9-25)20(10)18)8-19(28)26-11(2)13-4-3-12(22)7-17(13)24/h11-13,15-18,20H,3-8H2,1-2H3,(H,26,28)(H,27,29)/t11-,12?,13?,15?,16?,17?,18?,20?/m0/s1. The first-order chi connectivity index (χ1) is 13.7. The molecule has 2 amide bonds. The maximum Gasteiger partial charge on any atom is 0.247 e. The Kier molecular flexibility index (Phi) is 6.55. The summed E-state index contributed by atoms with van der Waals surface area (Å²) in [4.78, 5) is 25.1. The van der Waals surface area contributed by atoms with Crippen LogP contribution in [-0.2, 0) is 9.59 Å². The lowest BCUT2D eigenvalue weighted by molar-refractivity contribution is -0.125. The average molecular weight is 411 g/mol. The van der Waals surface area contributed by atoms with Gasteiger partial charge in [0.1, 0.15) is 18.5 Å². The summed E-state index contributed by atoms with van der Waals surface area (Å²) in [6.07, 6.45) is -2.75. The molecule has 2 saturated carbocycles. The summed E-state index contributed by atoms with van der Waals surface area (Å²) in [5.41, 5.74) is 0.825. The molecule has 2 aliphatic carbocycles. The van der Waals surface area contributed by atoms with Crippen LogP contribution in [0.1, 0.15) is 52.4 Å². The molecule has 3 rings (SSSR count). The van der Waals surface area contributed by atoms with E-state index in [1.165, 1.54) is 0 Å². The number of carbonyl (C=O) groups is 2. The normalized spacial score (nSPS) is 38.5. The Morgan fingerprint density at radius 3 is 2.62 bits per heavy atom. The van der Waals surface area contributed by atoms with Crippen molar-refractivity contribution in [1.29, 1.82) is 5.26 Å². The Morgan fingerprint density at radius 1 is 1.24 bits per heavy atom. The van der Waals surface area contributed by atoms with Gasteiger partial charge in [0.15, 0.2) is 0 Å². The van der Waals surface area contributed by atoms with Crippen molar-refractivity contribution in [2.75, 3.05) is 0 Å². The fourth-order valence-corrected chi connectivity index (χ4v) is 5.15. The second-order valence-corrected chi connectivity index (χ2v) is 8.64. The molecule has 0 aromatic heterocycles. The van der Waals surface area contributed by atoms with Gasteiger partial charge in [-0.2, -0.15) is 5.26 Å². The Labute approximate surface area is 169 Å². The average Bonchev–Trinajstić information content (AvgIpc) is 2.65. The molecular weight excluding hydrogens is 383 g/mol. The fraction of sp³-hybridized carbons (Fsp3) is 0.762. The number of hydrogen-bond donors (Lipinski definition) is 2. The molecule has 0 aromatic rings. The van der Waals surface area contributed by atoms with E-state index in [1.54, 1.807) is 13.8 Å². The summed E-state index contributed by atoms with van der Waals surface area (Å²) in [5.74, 6) is -2.57. The van der Waals surface area contributed by atoms with Crippen molar-refractivity contribution >= 4 is 11.8 Å². The molecule has 0 saturated heterocycles. The molecule has 0 bridgehead atoms. The molecule has 8 heteroatoms. The fourth-order valence-electron chi connectivity index (χ4n) is 5.15. The Morgan fingerprint density at radius 2 is 1.97 bits per heavy atom. The molecule has 29 heavy (non-hydrogen) atoms. The van der Waals surface area contributed by atoms with E-state index in [1.807, 2.05) is 6.07 Å². The highest BCUT2D eigenvalue weighted by atomic mass is 19.1. The third-order valence-electron chi connectivity index (χ3n) is 6.81. The van der Waals surface area contributed by atoms with Crippen LogP contribution in [0.25, 0.3) is 0 Å². The van der Waals surface area contributed by atoms with Crippen LogP contribution >= 0.6 is 0 Å². The van der Waals surface area contributed by atoms with Crippen molar-refractivity contribution in [2.45, 2.75) is 83.0 Å². The maximum absolute atomic E-state index is 14.2. The van der Waals surface area contributed by atoms with Crippen molar-refractivity contribution in [3.8, 4) is 6.07 Å². The first kappa shape index (κ1) is 21.7. The number of amides is 2. The lowest BCUT2D eigenvalue weighted by Gasteiger charge is -2.42. The number of carbonyl (C=O) groups excluding carboxylic acids is 2. The number of halogens is 3. The third kappa shape index (κ3) is 4.44. The molecule has 0 aromatic carbocycles. The lowest BCUT2D eigenvalue weighted by Crippen LogP contribution is -2.53. The summed E-state index contributed by atoms with van der Waals surface area (Å²) < 4.78 is 41.7. The van der Waals surface area contributed by atoms with E-state index in [-0.39, 0.29) is 43.2 Å². The molecule has 1 aliphatic heterocycles. The second kappa shape index (κ2) is 8.76. The monoisotopic (exact) mass is 411 g/mol. The molecule has 8 atom stereocenters. The van der Waals surface area contributed by atoms with E-state index < -0.39 is 48.2 Å². The summed E-state index contributed by atoms with van der Waals surface area (Å²) in [6, 6.07) is 1.24. The molecule has 2 N–H and O–H groups in total. The molecular formula is C21H28F3N3O2. The Balaban J connectivity index is 1.69. The van der Waals surface area contributed by atoms with E-state index in [0.29, 0.717) is 18.4 Å². The van der Waals surface area contributed by atoms with Gasteiger partial charge in [0.25, 0.3) is 0 Å². The number of alkyl halides is 3. The van der Waals surface area contributed by atoms with Gasteiger partial charge in [-0.3, -0.25) is 9.59 Å². The topological polar surface area (TPSA) is 82.0 Å². The van der Waals surface area contributed by atoms with Gasteiger partial charge in [0, 0.05) is 35.9 Å². The van der Waals surface area contributed by atoms with Gasteiger partial charge in [0.2, 0.25) is 11.8 Å². The van der Waals surface area contributed by atoms with Gasteiger partial charge >= 0.3 is 0 Å². The summed E-state index contributed by atoms with van der Waals surface area (Å²) in [7, 11) is 0. The van der Waals surface area contributed by atoms with Crippen LogP contribution < -0.4 is 10.6 Å². The van der Waals surface area contributed by atoms with Gasteiger partial charge < -0.3 is 10.6 Å². The highest BCUT2D eigenvalue weighted by Gasteiger charge is 2.45. The quantitative estimate of drug-likeness (QED) is 0.746. The predicted molar refractivity (Wildman–Crippen MR) is 101 cm³/mol. The minimum absolute atomic E-state index is 0.152. The molecule has 0 spiro atoms. The van der Waals surface area contributed by atoms with Gasteiger partial charge in [0.05, 0.1) is 18.4 Å². The molecule has 1 heterocycles. The van der Waals surface area contributed by atoms with Crippen molar-refractivity contribution < 1.29 is 22.8 Å². The minimum atomic E-state index is -1.31. The zero-order valence-electron chi connectivity index (χ0n) is 16.8. The van der Waals surface area contributed by atoms with Crippen molar-refractivity contribution in [1.82, 2.24) is 10.6 Å². The lowest BCUT2D eigenvalue weighted by atomic mass is 9.69. The number of nitriles is 1. The molecule has 7 unspecified atom stereocenters. The van der Waals surface area contributed by atoms with E-state index >= 15 is 0 Å².